The van der Waals surface area contributed by atoms with Crippen molar-refractivity contribution in [3.63, 3.8) is 0 Å². The minimum Gasteiger partial charge on any atom is -0.480 e. The van der Waals surface area contributed by atoms with E-state index in [9.17, 15) is 19.2 Å². The van der Waals surface area contributed by atoms with Crippen LogP contribution in [-0.4, -0.2) is 71.7 Å². The molecule has 0 heterocycles. The van der Waals surface area contributed by atoms with Crippen molar-refractivity contribution < 1.29 is 29.4 Å². The van der Waals surface area contributed by atoms with Crippen molar-refractivity contribution in [1.82, 2.24) is 16.0 Å². The highest BCUT2D eigenvalue weighted by Crippen LogP contribution is 2.01. The molecule has 0 rings (SSSR count). The first-order valence-corrected chi connectivity index (χ1v) is 7.89. The Hall–Kier alpha value is -2.24. The van der Waals surface area contributed by atoms with Gasteiger partial charge < -0.3 is 37.6 Å². The summed E-state index contributed by atoms with van der Waals surface area (Å²) in [6, 6.07) is -3.21. The second-order valence-electron chi connectivity index (χ2n) is 5.48. The van der Waals surface area contributed by atoms with E-state index in [1.807, 2.05) is 0 Å². The van der Waals surface area contributed by atoms with Crippen LogP contribution < -0.4 is 27.4 Å². The number of aliphatic hydroxyl groups is 1. The van der Waals surface area contributed by atoms with Crippen molar-refractivity contribution in [2.24, 2.45) is 11.5 Å². The summed E-state index contributed by atoms with van der Waals surface area (Å²) in [6.07, 6.45) is 1.46. The normalized spacial score (nSPS) is 14.1. The van der Waals surface area contributed by atoms with Crippen LogP contribution in [-0.2, 0) is 19.2 Å². The Balaban J connectivity index is 4.64. The van der Waals surface area contributed by atoms with Gasteiger partial charge in [0, 0.05) is 0 Å². The number of amides is 3. The molecular weight excluding hydrogens is 334 g/mol. The zero-order chi connectivity index (χ0) is 19.4. The minimum atomic E-state index is -1.20. The van der Waals surface area contributed by atoms with Crippen LogP contribution in [0, 0.1) is 0 Å². The van der Waals surface area contributed by atoms with E-state index in [0.717, 1.165) is 0 Å². The van der Waals surface area contributed by atoms with E-state index >= 15 is 0 Å². The number of hydrogen-bond acceptors (Lipinski definition) is 7. The standard InChI is InChI=1S/C14H27N5O6/c1-8(14(24)25)18-13(23)10(4-2-3-5-15)19-11(21)6-17-12(22)9(16)7-20/h8-10,20H,2-7,15-16H2,1H3,(H,17,22)(H,18,23)(H,19,21)(H,24,25)/t8-,9-,10-/m0/s1. The van der Waals surface area contributed by atoms with Crippen molar-refractivity contribution in [2.75, 3.05) is 19.7 Å². The van der Waals surface area contributed by atoms with Gasteiger partial charge in [0.15, 0.2) is 0 Å². The lowest BCUT2D eigenvalue weighted by atomic mass is 10.1. The van der Waals surface area contributed by atoms with Gasteiger partial charge in [-0.2, -0.15) is 0 Å². The number of aliphatic hydroxyl groups excluding tert-OH is 1. The van der Waals surface area contributed by atoms with E-state index in [1.54, 1.807) is 0 Å². The quantitative estimate of drug-likeness (QED) is 0.175. The molecule has 0 saturated carbocycles. The molecule has 0 aromatic heterocycles. The molecule has 0 fully saturated rings. The fourth-order valence-electron chi connectivity index (χ4n) is 1.76. The van der Waals surface area contributed by atoms with Gasteiger partial charge in [-0.3, -0.25) is 19.2 Å². The van der Waals surface area contributed by atoms with Gasteiger partial charge in [-0.25, -0.2) is 0 Å². The number of nitrogens with one attached hydrogen (secondary N) is 3. The lowest BCUT2D eigenvalue weighted by Gasteiger charge is -2.20. The highest BCUT2D eigenvalue weighted by Gasteiger charge is 2.24. The Labute approximate surface area is 145 Å². The third-order valence-corrected chi connectivity index (χ3v) is 3.28. The lowest BCUT2D eigenvalue weighted by molar-refractivity contribution is -0.141. The number of carbonyl (C=O) groups excluding carboxylic acids is 3. The summed E-state index contributed by atoms with van der Waals surface area (Å²) in [5, 5.41) is 24.5. The fraction of sp³-hybridized carbons (Fsp3) is 0.714. The van der Waals surface area contributed by atoms with Crippen LogP contribution in [0.5, 0.6) is 0 Å². The molecule has 0 saturated heterocycles. The van der Waals surface area contributed by atoms with E-state index in [4.69, 9.17) is 21.7 Å². The van der Waals surface area contributed by atoms with Gasteiger partial charge in [-0.05, 0) is 32.7 Å². The van der Waals surface area contributed by atoms with Crippen molar-refractivity contribution in [2.45, 2.75) is 44.3 Å². The number of aliphatic carboxylic acids is 1. The molecule has 0 spiro atoms. The van der Waals surface area contributed by atoms with Gasteiger partial charge in [-0.1, -0.05) is 0 Å². The van der Waals surface area contributed by atoms with Crippen molar-refractivity contribution in [1.29, 1.82) is 0 Å². The molecule has 0 radical (unpaired) electrons. The first-order valence-electron chi connectivity index (χ1n) is 7.89. The Kier molecular flexibility index (Phi) is 11.1. The molecular formula is C14H27N5O6. The summed E-state index contributed by atoms with van der Waals surface area (Å²) in [5.41, 5.74) is 10.7. The first kappa shape index (κ1) is 22.8. The molecule has 3 atom stereocenters. The second kappa shape index (κ2) is 12.2. The maximum absolute atomic E-state index is 12.1. The molecule has 0 aliphatic heterocycles. The Bertz CT molecular complexity index is 473. The average molecular weight is 361 g/mol. The summed E-state index contributed by atoms with van der Waals surface area (Å²) in [4.78, 5) is 46.2. The van der Waals surface area contributed by atoms with Crippen molar-refractivity contribution in [3.8, 4) is 0 Å². The van der Waals surface area contributed by atoms with Crippen LogP contribution >= 0.6 is 0 Å². The molecule has 3 amide bonds. The SMILES string of the molecule is C[C@H](NC(=O)[C@H](CCCCN)NC(=O)CNC(=O)[C@@H](N)CO)C(=O)O. The van der Waals surface area contributed by atoms with E-state index in [-0.39, 0.29) is 6.42 Å². The Morgan fingerprint density at radius 2 is 1.72 bits per heavy atom. The van der Waals surface area contributed by atoms with Crippen LogP contribution in [0.25, 0.3) is 0 Å². The minimum absolute atomic E-state index is 0.269. The predicted octanol–water partition coefficient (Wildman–Crippen LogP) is -3.37. The van der Waals surface area contributed by atoms with E-state index in [1.165, 1.54) is 6.92 Å². The number of carbonyl (C=O) groups is 4. The summed E-state index contributed by atoms with van der Waals surface area (Å²) in [7, 11) is 0. The van der Waals surface area contributed by atoms with Crippen LogP contribution in [0.3, 0.4) is 0 Å². The number of nitrogens with two attached hydrogens (primary N) is 2. The summed E-state index contributed by atoms with van der Waals surface area (Å²) in [5.74, 6) is -3.19. The molecule has 9 N–H and O–H groups in total. The largest absolute Gasteiger partial charge is 0.480 e. The van der Waals surface area contributed by atoms with Crippen molar-refractivity contribution in [3.05, 3.63) is 0 Å². The topological polar surface area (TPSA) is 197 Å². The number of carboxylic acid groups (broad SMARTS) is 1. The maximum Gasteiger partial charge on any atom is 0.325 e. The summed E-state index contributed by atoms with van der Waals surface area (Å²) < 4.78 is 0. The molecule has 11 heteroatoms. The molecule has 0 aliphatic carbocycles. The number of hydrogen-bond donors (Lipinski definition) is 7. The van der Waals surface area contributed by atoms with Crippen LogP contribution in [0.1, 0.15) is 26.2 Å². The molecule has 0 aromatic rings. The van der Waals surface area contributed by atoms with Gasteiger partial charge in [-0.15, -0.1) is 0 Å². The van der Waals surface area contributed by atoms with Gasteiger partial charge in [0.2, 0.25) is 17.7 Å². The fourth-order valence-corrected chi connectivity index (χ4v) is 1.76. The molecule has 0 aliphatic rings. The Morgan fingerprint density at radius 1 is 1.08 bits per heavy atom. The average Bonchev–Trinajstić information content (AvgIpc) is 2.57. The summed E-state index contributed by atoms with van der Waals surface area (Å²) in [6.45, 7) is 0.727. The van der Waals surface area contributed by atoms with E-state index in [0.29, 0.717) is 19.4 Å². The van der Waals surface area contributed by atoms with Gasteiger partial charge >= 0.3 is 5.97 Å². The molecule has 144 valence electrons. The van der Waals surface area contributed by atoms with Gasteiger partial charge in [0.25, 0.3) is 0 Å². The Morgan fingerprint density at radius 3 is 2.24 bits per heavy atom. The second-order valence-corrected chi connectivity index (χ2v) is 5.48. The van der Waals surface area contributed by atoms with Crippen molar-refractivity contribution >= 4 is 23.7 Å². The molecule has 0 aromatic carbocycles. The van der Waals surface area contributed by atoms with Crippen LogP contribution in [0.15, 0.2) is 0 Å². The maximum atomic E-state index is 12.1. The molecule has 25 heavy (non-hydrogen) atoms. The van der Waals surface area contributed by atoms with E-state index in [2.05, 4.69) is 16.0 Å². The van der Waals surface area contributed by atoms with Crippen LogP contribution in [0.2, 0.25) is 0 Å². The lowest BCUT2D eigenvalue weighted by Crippen LogP contribution is -2.53. The van der Waals surface area contributed by atoms with Gasteiger partial charge in [0.1, 0.15) is 18.1 Å². The highest BCUT2D eigenvalue weighted by molar-refractivity contribution is 5.92. The third-order valence-electron chi connectivity index (χ3n) is 3.28. The highest BCUT2D eigenvalue weighted by atomic mass is 16.4. The molecule has 0 unspecified atom stereocenters. The van der Waals surface area contributed by atoms with Gasteiger partial charge in [0.05, 0.1) is 13.2 Å². The molecule has 11 nitrogen and oxygen atoms in total. The summed E-state index contributed by atoms with van der Waals surface area (Å²) >= 11 is 0. The number of rotatable bonds is 12. The smallest absolute Gasteiger partial charge is 0.325 e. The monoisotopic (exact) mass is 361 g/mol. The number of carboxylic acids is 1. The first-order chi connectivity index (χ1) is 11.7. The van der Waals surface area contributed by atoms with E-state index < -0.39 is 55.0 Å². The third kappa shape index (κ3) is 9.59. The predicted molar refractivity (Wildman–Crippen MR) is 88.1 cm³/mol. The number of unbranched alkanes of at least 4 members (excludes halogenated alkanes) is 1. The van der Waals surface area contributed by atoms with Crippen LogP contribution in [0.4, 0.5) is 0 Å². The zero-order valence-corrected chi connectivity index (χ0v) is 14.2. The zero-order valence-electron chi connectivity index (χ0n) is 14.2. The molecule has 0 bridgehead atoms.